The van der Waals surface area contributed by atoms with Crippen molar-refractivity contribution >= 4 is 117 Å². The molecule has 12 rings (SSSR count). The fourth-order valence-corrected chi connectivity index (χ4v) is 11.6. The average molecular weight is 1390 g/mol. The fourth-order valence-electron chi connectivity index (χ4n) is 9.31. The van der Waals surface area contributed by atoms with Gasteiger partial charge in [-0.3, -0.25) is 25.6 Å². The summed E-state index contributed by atoms with van der Waals surface area (Å²) in [6.45, 7) is 25.3. The Labute approximate surface area is 555 Å². The molecule has 0 radical (unpaired) electrons. The van der Waals surface area contributed by atoms with Gasteiger partial charge in [-0.15, -0.1) is 0 Å². The lowest BCUT2D eigenvalue weighted by Gasteiger charge is -2.18. The number of ether oxygens (including phenoxy) is 2. The predicted octanol–water partition coefficient (Wildman–Crippen LogP) is 15.0. The van der Waals surface area contributed by atoms with Gasteiger partial charge in [0.1, 0.15) is 28.7 Å². The minimum absolute atomic E-state index is 0.273. The van der Waals surface area contributed by atoms with Gasteiger partial charge >= 0.3 is 12.2 Å². The topological polar surface area (TPSA) is 293 Å². The highest BCUT2D eigenvalue weighted by atomic mass is 127. The third kappa shape index (κ3) is 18.9. The Bertz CT molecular complexity index is 4160. The van der Waals surface area contributed by atoms with Gasteiger partial charge in [-0.1, -0.05) is 54.6 Å². The zero-order valence-electron chi connectivity index (χ0n) is 52.9. The Morgan fingerprint density at radius 2 is 0.890 bits per heavy atom. The van der Waals surface area contributed by atoms with Gasteiger partial charge in [0.25, 0.3) is 0 Å². The number of nitrogens with two attached hydrogens (primary N) is 1. The number of allylic oxidation sites excluding steroid dienone is 3. The van der Waals surface area contributed by atoms with Crippen molar-refractivity contribution in [2.75, 3.05) is 32.3 Å². The first-order chi connectivity index (χ1) is 43.3. The van der Waals surface area contributed by atoms with E-state index in [0.717, 1.165) is 116 Å². The zero-order valence-corrected chi connectivity index (χ0v) is 57.5. The van der Waals surface area contributed by atoms with Crippen molar-refractivity contribution in [3.63, 3.8) is 0 Å². The van der Waals surface area contributed by atoms with E-state index in [9.17, 15) is 9.59 Å². The monoisotopic (exact) mass is 1390 g/mol. The molecule has 0 bridgehead atoms. The molecule has 0 aliphatic heterocycles. The normalized spacial score (nSPS) is 12.8. The Kier molecular flexibility index (Phi) is 21.6. The molecule has 0 unspecified atom stereocenters. The summed E-state index contributed by atoms with van der Waals surface area (Å²) in [6.07, 6.45) is 18.7. The third-order valence-electron chi connectivity index (χ3n) is 12.9. The van der Waals surface area contributed by atoms with Gasteiger partial charge in [0.05, 0.1) is 48.1 Å². The first kappa shape index (κ1) is 66.7. The lowest BCUT2D eigenvalue weighted by Crippen LogP contribution is -2.27. The SMILES string of the molecule is CC(C)(C)OC(=O)Nc1nc(-c2ccc3c(c2)C(I)=CC3)ns1.CC(C)Nc1cncc(C2=CCc3ccc(-c4nsc(N)n4)cc32)n1.CC(C)Nc1cncc(C2=CCc3ccc(-c4nsc(NC(=O)OC(C)(C)C)n4)cc32)n1.Cc1cncc(NC(C)C)n1. The van der Waals surface area contributed by atoms with Gasteiger partial charge in [-0.25, -0.2) is 24.5 Å². The van der Waals surface area contributed by atoms with Crippen molar-refractivity contribution in [3.8, 4) is 34.2 Å². The number of nitrogens with one attached hydrogen (secondary N) is 5. The van der Waals surface area contributed by atoms with Crippen molar-refractivity contribution in [2.24, 2.45) is 0 Å². The summed E-state index contributed by atoms with van der Waals surface area (Å²) < 4.78 is 24.8. The molecule has 3 aromatic carbocycles. The molecule has 6 aromatic heterocycles. The molecule has 6 heterocycles. The first-order valence-electron chi connectivity index (χ1n) is 29.4. The number of benzene rings is 3. The van der Waals surface area contributed by atoms with Crippen LogP contribution >= 0.6 is 57.2 Å². The van der Waals surface area contributed by atoms with Crippen LogP contribution in [0.4, 0.5) is 42.4 Å². The van der Waals surface area contributed by atoms with Crippen LogP contribution in [0.15, 0.2) is 110 Å². The smallest absolute Gasteiger partial charge is 0.414 e. The molecule has 472 valence electrons. The molecule has 0 saturated heterocycles. The molecule has 0 fully saturated rings. The van der Waals surface area contributed by atoms with Crippen LogP contribution in [-0.4, -0.2) is 99.5 Å². The van der Waals surface area contributed by atoms with Gasteiger partial charge in [-0.2, -0.15) is 28.1 Å². The molecule has 91 heavy (non-hydrogen) atoms. The van der Waals surface area contributed by atoms with E-state index in [2.05, 4.69) is 193 Å². The van der Waals surface area contributed by atoms with Crippen LogP contribution in [0.5, 0.6) is 0 Å². The largest absolute Gasteiger partial charge is 0.444 e. The van der Waals surface area contributed by atoms with Gasteiger partial charge in [0.2, 0.25) is 10.3 Å². The van der Waals surface area contributed by atoms with Gasteiger partial charge in [0, 0.05) is 90.3 Å². The van der Waals surface area contributed by atoms with Crippen molar-refractivity contribution in [3.05, 3.63) is 160 Å². The van der Waals surface area contributed by atoms with E-state index in [4.69, 9.17) is 25.2 Å². The number of halogens is 1. The minimum atomic E-state index is -0.578. The summed E-state index contributed by atoms with van der Waals surface area (Å²) in [5.74, 6) is 4.21. The molecule has 0 spiro atoms. The van der Waals surface area contributed by atoms with Gasteiger partial charge in [-0.05, 0) is 183 Å². The Morgan fingerprint density at radius 1 is 0.505 bits per heavy atom. The summed E-state index contributed by atoms with van der Waals surface area (Å²) in [6, 6.07) is 19.6. The number of aromatic nitrogens is 12. The van der Waals surface area contributed by atoms with Crippen molar-refractivity contribution in [1.82, 2.24) is 58.0 Å². The van der Waals surface area contributed by atoms with Crippen LogP contribution in [0, 0.1) is 6.92 Å². The molecule has 2 amide bonds. The summed E-state index contributed by atoms with van der Waals surface area (Å²) in [7, 11) is 0. The molecule has 0 atom stereocenters. The molecule has 3 aliphatic carbocycles. The first-order valence-corrected chi connectivity index (χ1v) is 32.8. The Morgan fingerprint density at radius 3 is 1.30 bits per heavy atom. The number of carbonyl (C=O) groups excluding carboxylic acids is 2. The lowest BCUT2D eigenvalue weighted by atomic mass is 10.0. The maximum atomic E-state index is 12.0. The van der Waals surface area contributed by atoms with Crippen LogP contribution in [0.1, 0.15) is 134 Å². The standard InChI is InChI=1S/C23H26N6O2S.C18H18N6S.C16H16IN3O2S.C8H13N3/c1-13(2)25-19-12-24-11-18(26-19)16-9-8-14-6-7-15(10-17(14)16)20-27-21(32-29-20)28-22(30)31-23(3,4)5;1-10(2)21-16-9-20-8-15(22-16)13-6-5-11-3-4-12(7-14(11)13)17-23-18(19)25-24-17;1-16(2,3)22-15(21)19-14-18-13(20-23-14)10-5-4-9-6-7-12(17)11(9)8-10;1-6(2)10-8-5-9-4-7(3)11-8/h6-7,9-13H,8H2,1-5H3,(H,25,26)(H,27,28,29,30);3-4,6-10H,5H2,1-2H3,(H,21,22)(H2,19,23,24);4-5,7-8H,6H2,1-3H3,(H,18,19,20,21);4-6H,1-3H3,(H,10,11). The third-order valence-corrected chi connectivity index (χ3v) is 15.7. The number of nitrogens with zero attached hydrogens (tertiary/aromatic N) is 12. The number of hydrogen-bond acceptors (Lipinski definition) is 23. The van der Waals surface area contributed by atoms with Crippen molar-refractivity contribution in [2.45, 2.75) is 139 Å². The highest BCUT2D eigenvalue weighted by Gasteiger charge is 2.24. The molecule has 0 saturated carbocycles. The summed E-state index contributed by atoms with van der Waals surface area (Å²) >= 11 is 5.81. The highest BCUT2D eigenvalue weighted by Crippen LogP contribution is 2.38. The maximum Gasteiger partial charge on any atom is 0.414 e. The second-order valence-electron chi connectivity index (χ2n) is 24.1. The van der Waals surface area contributed by atoms with E-state index >= 15 is 0 Å². The van der Waals surface area contributed by atoms with E-state index in [1.807, 2.05) is 66.7 Å². The number of aryl methyl sites for hydroxylation is 1. The maximum absolute atomic E-state index is 12.0. The number of nitrogen functional groups attached to an aromatic ring is 1. The molecule has 22 nitrogen and oxygen atoms in total. The summed E-state index contributed by atoms with van der Waals surface area (Å²) in [5, 5.41) is 16.3. The second-order valence-corrected chi connectivity index (χ2v) is 27.5. The van der Waals surface area contributed by atoms with E-state index in [-0.39, 0.29) is 6.04 Å². The molecule has 3 aliphatic rings. The number of carbonyl (C=O) groups is 2. The van der Waals surface area contributed by atoms with Crippen LogP contribution in [0.2, 0.25) is 0 Å². The minimum Gasteiger partial charge on any atom is -0.444 e. The Balaban J connectivity index is 0.000000151. The van der Waals surface area contributed by atoms with E-state index in [1.165, 1.54) is 37.4 Å². The number of rotatable bonds is 13. The number of fused-ring (bicyclic) bond motifs is 3. The summed E-state index contributed by atoms with van der Waals surface area (Å²) in [4.78, 5) is 63.3. The van der Waals surface area contributed by atoms with Gasteiger partial charge in [0.15, 0.2) is 22.6 Å². The number of hydrogen-bond donors (Lipinski definition) is 6. The van der Waals surface area contributed by atoms with Crippen LogP contribution in [0.3, 0.4) is 0 Å². The van der Waals surface area contributed by atoms with Gasteiger partial charge < -0.3 is 31.2 Å². The Hall–Kier alpha value is -8.73. The van der Waals surface area contributed by atoms with E-state index < -0.39 is 23.4 Å². The van der Waals surface area contributed by atoms with Crippen LogP contribution in [0.25, 0.3) is 48.9 Å². The quantitative estimate of drug-likeness (QED) is 0.0585. The zero-order chi connectivity index (χ0) is 65.1. The van der Waals surface area contributed by atoms with Crippen LogP contribution < -0.4 is 32.3 Å². The highest BCUT2D eigenvalue weighted by molar-refractivity contribution is 14.1. The average Bonchev–Trinajstić information content (AvgIpc) is 1.69. The fraction of sp³-hybridized carbons (Fsp3) is 0.323. The number of anilines is 6. The number of amides is 2. The molecular formula is C65H73IN18O4S3. The predicted molar refractivity (Wildman–Crippen MR) is 375 cm³/mol. The van der Waals surface area contributed by atoms with E-state index in [0.29, 0.717) is 45.0 Å². The lowest BCUT2D eigenvalue weighted by molar-refractivity contribution is 0.0624. The van der Waals surface area contributed by atoms with Crippen molar-refractivity contribution in [1.29, 1.82) is 0 Å². The molecule has 9 aromatic rings. The second kappa shape index (κ2) is 29.5. The molecule has 7 N–H and O–H groups in total. The molecular weight excluding hydrogens is 1320 g/mol. The van der Waals surface area contributed by atoms with Crippen LogP contribution in [-0.2, 0) is 28.7 Å². The molecule has 26 heteroatoms. The summed E-state index contributed by atoms with van der Waals surface area (Å²) in [5.41, 5.74) is 19.4. The van der Waals surface area contributed by atoms with E-state index in [1.54, 1.807) is 37.2 Å². The van der Waals surface area contributed by atoms with Crippen molar-refractivity contribution < 1.29 is 19.1 Å².